The lowest BCUT2D eigenvalue weighted by Gasteiger charge is -1.95. The minimum absolute atomic E-state index is 0.325. The zero-order valence-electron chi connectivity index (χ0n) is 10.2. The molecule has 2 N–H and O–H groups in total. The van der Waals surface area contributed by atoms with Crippen molar-refractivity contribution in [1.82, 2.24) is 20.1 Å². The van der Waals surface area contributed by atoms with Crippen molar-refractivity contribution in [2.24, 2.45) is 0 Å². The quantitative estimate of drug-likeness (QED) is 0.751. The Hall–Kier alpha value is -2.76. The summed E-state index contributed by atoms with van der Waals surface area (Å²) in [5.74, 6) is 1.17. The molecule has 0 fully saturated rings. The van der Waals surface area contributed by atoms with Crippen molar-refractivity contribution in [3.05, 3.63) is 42.1 Å². The molecule has 94 valence electrons. The molecule has 0 aliphatic carbocycles. The van der Waals surface area contributed by atoms with Crippen LogP contribution in [0.5, 0.6) is 0 Å². The number of pyridine rings is 2. The molecule has 0 aliphatic heterocycles. The molecule has 0 aromatic carbocycles. The molecule has 0 amide bonds. The summed E-state index contributed by atoms with van der Waals surface area (Å²) in [5, 5.41) is 3.90. The third-order valence-corrected chi connectivity index (χ3v) is 2.53. The van der Waals surface area contributed by atoms with E-state index in [9.17, 15) is 0 Å². The van der Waals surface area contributed by atoms with Gasteiger partial charge >= 0.3 is 0 Å². The molecule has 3 heterocycles. The number of nitrogens with two attached hydrogens (primary N) is 1. The summed E-state index contributed by atoms with van der Waals surface area (Å²) in [5.41, 5.74) is 7.73. The second-order valence-corrected chi connectivity index (χ2v) is 4.04. The second-order valence-electron chi connectivity index (χ2n) is 4.04. The van der Waals surface area contributed by atoms with Crippen LogP contribution >= 0.6 is 0 Å². The molecule has 0 radical (unpaired) electrons. The largest absolute Gasteiger partial charge is 0.384 e. The number of nitrogen functional groups attached to an aromatic ring is 1. The van der Waals surface area contributed by atoms with Crippen LogP contribution in [0.3, 0.4) is 0 Å². The normalized spacial score (nSPS) is 10.6. The molecular weight excluding hydrogens is 242 g/mol. The highest BCUT2D eigenvalue weighted by Crippen LogP contribution is 2.20. The first-order valence-corrected chi connectivity index (χ1v) is 5.73. The Morgan fingerprint density at radius 1 is 0.947 bits per heavy atom. The lowest BCUT2D eigenvalue weighted by molar-refractivity contribution is 0.431. The lowest BCUT2D eigenvalue weighted by atomic mass is 10.3. The van der Waals surface area contributed by atoms with Gasteiger partial charge in [0.15, 0.2) is 0 Å². The van der Waals surface area contributed by atoms with Crippen LogP contribution in [0.25, 0.3) is 23.1 Å². The molecule has 3 aromatic rings. The smallest absolute Gasteiger partial charge is 0.276 e. The average Bonchev–Trinajstić information content (AvgIpc) is 2.88. The lowest BCUT2D eigenvalue weighted by Crippen LogP contribution is -1.91. The van der Waals surface area contributed by atoms with Crippen LogP contribution in [0.4, 0.5) is 5.82 Å². The van der Waals surface area contributed by atoms with Gasteiger partial charge in [0.2, 0.25) is 5.82 Å². The third kappa shape index (κ3) is 2.28. The number of hydrogen-bond acceptors (Lipinski definition) is 6. The fourth-order valence-electron chi connectivity index (χ4n) is 1.67. The van der Waals surface area contributed by atoms with Crippen molar-refractivity contribution in [3.63, 3.8) is 0 Å². The van der Waals surface area contributed by atoms with Crippen molar-refractivity contribution in [1.29, 1.82) is 0 Å². The van der Waals surface area contributed by atoms with Gasteiger partial charge in [0.25, 0.3) is 5.89 Å². The van der Waals surface area contributed by atoms with Crippen LogP contribution in [0, 0.1) is 6.92 Å². The van der Waals surface area contributed by atoms with Gasteiger partial charge in [-0.3, -0.25) is 0 Å². The zero-order chi connectivity index (χ0) is 13.2. The van der Waals surface area contributed by atoms with E-state index in [1.54, 1.807) is 18.2 Å². The fourth-order valence-corrected chi connectivity index (χ4v) is 1.67. The summed E-state index contributed by atoms with van der Waals surface area (Å²) < 4.78 is 5.18. The zero-order valence-corrected chi connectivity index (χ0v) is 10.2. The third-order valence-electron chi connectivity index (χ3n) is 2.53. The maximum absolute atomic E-state index is 5.62. The highest BCUT2D eigenvalue weighted by molar-refractivity contribution is 5.55. The van der Waals surface area contributed by atoms with Crippen molar-refractivity contribution in [2.45, 2.75) is 6.92 Å². The van der Waals surface area contributed by atoms with E-state index in [-0.39, 0.29) is 0 Å². The Kier molecular flexibility index (Phi) is 2.68. The highest BCUT2D eigenvalue weighted by atomic mass is 16.5. The maximum Gasteiger partial charge on any atom is 0.276 e. The molecule has 3 aromatic heterocycles. The van der Waals surface area contributed by atoms with Crippen LogP contribution in [-0.4, -0.2) is 20.1 Å². The standard InChI is InChI=1S/C13H11N5O/c1-8-4-2-5-9(15-8)12-17-13(19-18-12)10-6-3-7-11(14)16-10/h2-7H,1H3,(H2,14,16). The van der Waals surface area contributed by atoms with E-state index >= 15 is 0 Å². The highest BCUT2D eigenvalue weighted by Gasteiger charge is 2.12. The number of aryl methyl sites for hydroxylation is 1. The van der Waals surface area contributed by atoms with Gasteiger partial charge in [-0.25, -0.2) is 9.97 Å². The summed E-state index contributed by atoms with van der Waals surface area (Å²) in [6.45, 7) is 1.91. The number of nitrogens with zero attached hydrogens (tertiary/aromatic N) is 4. The van der Waals surface area contributed by atoms with Crippen LogP contribution < -0.4 is 5.73 Å². The predicted octanol–water partition coefficient (Wildman–Crippen LogP) is 2.08. The van der Waals surface area contributed by atoms with E-state index in [4.69, 9.17) is 10.3 Å². The molecule has 0 atom stereocenters. The molecule has 0 saturated carbocycles. The summed E-state index contributed by atoms with van der Waals surface area (Å²) >= 11 is 0. The Morgan fingerprint density at radius 2 is 1.74 bits per heavy atom. The van der Waals surface area contributed by atoms with Gasteiger partial charge in [-0.2, -0.15) is 4.98 Å². The van der Waals surface area contributed by atoms with E-state index in [1.807, 2.05) is 25.1 Å². The van der Waals surface area contributed by atoms with Crippen molar-refractivity contribution < 1.29 is 4.52 Å². The molecule has 0 bridgehead atoms. The molecule has 0 spiro atoms. The maximum atomic E-state index is 5.62. The van der Waals surface area contributed by atoms with E-state index in [0.29, 0.717) is 28.9 Å². The first-order valence-electron chi connectivity index (χ1n) is 5.73. The minimum Gasteiger partial charge on any atom is -0.384 e. The predicted molar refractivity (Wildman–Crippen MR) is 69.9 cm³/mol. The summed E-state index contributed by atoms with van der Waals surface area (Å²) in [6, 6.07) is 10.9. The topological polar surface area (TPSA) is 90.7 Å². The van der Waals surface area contributed by atoms with Crippen LogP contribution in [0.2, 0.25) is 0 Å². The van der Waals surface area contributed by atoms with Gasteiger partial charge in [0.05, 0.1) is 0 Å². The summed E-state index contributed by atoms with van der Waals surface area (Å²) in [6.07, 6.45) is 0. The molecule has 6 nitrogen and oxygen atoms in total. The van der Waals surface area contributed by atoms with Gasteiger partial charge < -0.3 is 10.3 Å². The number of hydrogen-bond donors (Lipinski definition) is 1. The molecular formula is C13H11N5O. The Morgan fingerprint density at radius 3 is 2.53 bits per heavy atom. The van der Waals surface area contributed by atoms with Crippen molar-refractivity contribution >= 4 is 5.82 Å². The van der Waals surface area contributed by atoms with E-state index < -0.39 is 0 Å². The SMILES string of the molecule is Cc1cccc(-c2noc(-c3cccc(N)n3)n2)n1. The first-order chi connectivity index (χ1) is 9.22. The first kappa shape index (κ1) is 11.3. The monoisotopic (exact) mass is 253 g/mol. The fraction of sp³-hybridized carbons (Fsp3) is 0.0769. The van der Waals surface area contributed by atoms with Gasteiger partial charge in [-0.15, -0.1) is 0 Å². The molecule has 0 saturated heterocycles. The Balaban J connectivity index is 2.00. The van der Waals surface area contributed by atoms with Gasteiger partial charge in [-0.05, 0) is 31.2 Å². The van der Waals surface area contributed by atoms with E-state index in [0.717, 1.165) is 5.69 Å². The van der Waals surface area contributed by atoms with E-state index in [2.05, 4.69) is 20.1 Å². The Bertz CT molecular complexity index is 662. The molecule has 6 heteroatoms. The summed E-state index contributed by atoms with van der Waals surface area (Å²) in [4.78, 5) is 12.7. The van der Waals surface area contributed by atoms with E-state index in [1.165, 1.54) is 0 Å². The number of anilines is 1. The molecule has 3 rings (SSSR count). The number of rotatable bonds is 2. The van der Waals surface area contributed by atoms with Gasteiger partial charge in [0, 0.05) is 5.69 Å². The number of aromatic nitrogens is 4. The molecule has 19 heavy (non-hydrogen) atoms. The van der Waals surface area contributed by atoms with Crippen LogP contribution in [0.15, 0.2) is 40.9 Å². The average molecular weight is 253 g/mol. The molecule has 0 unspecified atom stereocenters. The van der Waals surface area contributed by atoms with Crippen molar-refractivity contribution in [3.8, 4) is 23.1 Å². The molecule has 0 aliphatic rings. The Labute approximate surface area is 109 Å². The minimum atomic E-state index is 0.325. The van der Waals surface area contributed by atoms with Crippen molar-refractivity contribution in [2.75, 3.05) is 5.73 Å². The second kappa shape index (κ2) is 4.49. The van der Waals surface area contributed by atoms with Crippen LogP contribution in [0.1, 0.15) is 5.69 Å². The van der Waals surface area contributed by atoms with Gasteiger partial charge in [0.1, 0.15) is 17.2 Å². The van der Waals surface area contributed by atoms with Crippen LogP contribution in [-0.2, 0) is 0 Å². The van der Waals surface area contributed by atoms with Gasteiger partial charge in [-0.1, -0.05) is 17.3 Å². The summed E-state index contributed by atoms with van der Waals surface area (Å²) in [7, 11) is 0.